The van der Waals surface area contributed by atoms with Crippen molar-refractivity contribution in [2.24, 2.45) is 0 Å². The number of rotatable bonds is 5. The maximum Gasteiger partial charge on any atom is 0.321 e. The maximum atomic E-state index is 14.1. The van der Waals surface area contributed by atoms with Gasteiger partial charge < -0.3 is 15.2 Å². The molecule has 7 nitrogen and oxygen atoms in total. The number of urea groups is 1. The number of likely N-dealkylation sites (N-methyl/N-ethyl adjacent to an activating group) is 1. The molecule has 2 aromatic rings. The first kappa shape index (κ1) is 15.4. The Bertz CT molecular complexity index is 718. The van der Waals surface area contributed by atoms with Gasteiger partial charge in [0.05, 0.1) is 5.56 Å². The van der Waals surface area contributed by atoms with Crippen LogP contribution in [0.1, 0.15) is 12.7 Å². The van der Waals surface area contributed by atoms with E-state index < -0.39 is 5.82 Å². The second-order valence-electron chi connectivity index (χ2n) is 5.46. The Morgan fingerprint density at radius 2 is 2.35 bits per heavy atom. The average molecular weight is 319 g/mol. The molecular formula is C15H18FN5O2. The molecule has 2 heterocycles. The van der Waals surface area contributed by atoms with Crippen molar-refractivity contribution in [3.8, 4) is 11.5 Å². The van der Waals surface area contributed by atoms with Crippen molar-refractivity contribution in [1.82, 2.24) is 20.8 Å². The van der Waals surface area contributed by atoms with Crippen LogP contribution < -0.4 is 15.5 Å². The fraction of sp³-hybridized carbons (Fsp3) is 0.400. The Balaban J connectivity index is 1.88. The lowest BCUT2D eigenvalue weighted by Gasteiger charge is -2.14. The Labute approximate surface area is 132 Å². The molecule has 0 saturated carbocycles. The van der Waals surface area contributed by atoms with E-state index in [9.17, 15) is 9.18 Å². The van der Waals surface area contributed by atoms with Gasteiger partial charge in [-0.25, -0.2) is 9.18 Å². The third-order valence-corrected chi connectivity index (χ3v) is 3.80. The summed E-state index contributed by atoms with van der Waals surface area (Å²) in [5, 5.41) is 9.67. The van der Waals surface area contributed by atoms with Crippen molar-refractivity contribution in [2.45, 2.75) is 19.4 Å². The van der Waals surface area contributed by atoms with Gasteiger partial charge in [-0.05, 0) is 32.2 Å². The number of benzene rings is 1. The Hall–Kier alpha value is -2.48. The summed E-state index contributed by atoms with van der Waals surface area (Å²) in [4.78, 5) is 17.5. The fourth-order valence-electron chi connectivity index (χ4n) is 2.39. The van der Waals surface area contributed by atoms with E-state index >= 15 is 0 Å². The minimum atomic E-state index is -0.467. The summed E-state index contributed by atoms with van der Waals surface area (Å²) in [5.41, 5.74) is 0.790. The number of aromatic nitrogens is 2. The lowest BCUT2D eigenvalue weighted by atomic mass is 10.1. The van der Waals surface area contributed by atoms with Gasteiger partial charge in [-0.2, -0.15) is 4.98 Å². The van der Waals surface area contributed by atoms with E-state index in [0.717, 1.165) is 0 Å². The first-order valence-electron chi connectivity index (χ1n) is 7.43. The van der Waals surface area contributed by atoms with E-state index in [0.29, 0.717) is 31.0 Å². The summed E-state index contributed by atoms with van der Waals surface area (Å²) < 4.78 is 19.3. The molecular weight excluding hydrogens is 301 g/mol. The average Bonchev–Trinajstić information content (AvgIpc) is 3.17. The number of amides is 2. The number of carbonyl (C=O) groups excluding carboxylic acids is 1. The van der Waals surface area contributed by atoms with Crippen molar-refractivity contribution in [1.29, 1.82) is 0 Å². The molecule has 23 heavy (non-hydrogen) atoms. The predicted molar refractivity (Wildman–Crippen MR) is 82.7 cm³/mol. The van der Waals surface area contributed by atoms with Gasteiger partial charge in [0.15, 0.2) is 5.82 Å². The smallest absolute Gasteiger partial charge is 0.321 e. The summed E-state index contributed by atoms with van der Waals surface area (Å²) >= 11 is 0. The maximum absolute atomic E-state index is 14.1. The van der Waals surface area contributed by atoms with Gasteiger partial charge >= 0.3 is 6.03 Å². The molecule has 1 atom stereocenters. The highest BCUT2D eigenvalue weighted by atomic mass is 19.1. The number of carbonyl (C=O) groups is 1. The second-order valence-corrected chi connectivity index (χ2v) is 5.46. The van der Waals surface area contributed by atoms with Gasteiger partial charge in [0.1, 0.15) is 5.82 Å². The number of anilines is 1. The molecule has 1 aromatic heterocycles. The fourth-order valence-corrected chi connectivity index (χ4v) is 2.39. The molecule has 2 N–H and O–H groups in total. The van der Waals surface area contributed by atoms with Crippen LogP contribution in [0.25, 0.3) is 11.5 Å². The van der Waals surface area contributed by atoms with Gasteiger partial charge in [-0.3, -0.25) is 4.90 Å². The zero-order valence-corrected chi connectivity index (χ0v) is 13.0. The van der Waals surface area contributed by atoms with Gasteiger partial charge in [0.25, 0.3) is 5.89 Å². The number of halogens is 1. The van der Waals surface area contributed by atoms with E-state index in [4.69, 9.17) is 4.52 Å². The summed E-state index contributed by atoms with van der Waals surface area (Å²) in [6, 6.07) is 4.40. The monoisotopic (exact) mass is 319 g/mol. The molecule has 3 rings (SSSR count). The van der Waals surface area contributed by atoms with Crippen LogP contribution >= 0.6 is 0 Å². The topological polar surface area (TPSA) is 83.3 Å². The highest BCUT2D eigenvalue weighted by molar-refractivity contribution is 5.94. The summed E-state index contributed by atoms with van der Waals surface area (Å²) in [6.07, 6.45) is 0.579. The summed E-state index contributed by atoms with van der Waals surface area (Å²) in [7, 11) is 1.84. The zero-order chi connectivity index (χ0) is 16.4. The third-order valence-electron chi connectivity index (χ3n) is 3.80. The quantitative estimate of drug-likeness (QED) is 0.874. The van der Waals surface area contributed by atoms with Crippen LogP contribution in [0.2, 0.25) is 0 Å². The molecule has 1 unspecified atom stereocenters. The molecule has 1 saturated heterocycles. The Morgan fingerprint density at radius 1 is 1.52 bits per heavy atom. The Morgan fingerprint density at radius 3 is 3.04 bits per heavy atom. The first-order valence-corrected chi connectivity index (χ1v) is 7.43. The van der Waals surface area contributed by atoms with Crippen molar-refractivity contribution < 1.29 is 13.7 Å². The van der Waals surface area contributed by atoms with Crippen LogP contribution in [-0.2, 0) is 6.42 Å². The molecule has 8 heteroatoms. The van der Waals surface area contributed by atoms with Gasteiger partial charge in [0.2, 0.25) is 0 Å². The van der Waals surface area contributed by atoms with Crippen LogP contribution in [0.4, 0.5) is 14.9 Å². The lowest BCUT2D eigenvalue weighted by Crippen LogP contribution is -2.27. The van der Waals surface area contributed by atoms with E-state index in [-0.39, 0.29) is 23.5 Å². The van der Waals surface area contributed by atoms with Crippen molar-refractivity contribution in [3.63, 3.8) is 0 Å². The molecule has 0 radical (unpaired) electrons. The van der Waals surface area contributed by atoms with Crippen molar-refractivity contribution in [3.05, 3.63) is 29.8 Å². The van der Waals surface area contributed by atoms with Crippen LogP contribution in [0, 0.1) is 5.82 Å². The van der Waals surface area contributed by atoms with Crippen molar-refractivity contribution >= 4 is 11.7 Å². The summed E-state index contributed by atoms with van der Waals surface area (Å²) in [6.45, 7) is 3.10. The minimum Gasteiger partial charge on any atom is -0.336 e. The first-order chi connectivity index (χ1) is 11.1. The standard InChI is InChI=1S/C15H18FN5O2/c1-9(17-2)7-13-19-14(23-20-13)11-8-10(3-4-12(11)16)21-6-5-18-15(21)22/h3-4,8-9,17H,5-7H2,1-2H3,(H,18,22). The number of hydrogen-bond acceptors (Lipinski definition) is 5. The molecule has 1 aliphatic rings. The molecule has 122 valence electrons. The Kier molecular flexibility index (Phi) is 4.24. The molecule has 0 bridgehead atoms. The number of nitrogens with one attached hydrogen (secondary N) is 2. The minimum absolute atomic E-state index is 0.113. The van der Waals surface area contributed by atoms with Crippen LogP contribution in [0.5, 0.6) is 0 Å². The molecule has 1 fully saturated rings. The van der Waals surface area contributed by atoms with E-state index in [1.165, 1.54) is 6.07 Å². The van der Waals surface area contributed by atoms with Crippen LogP contribution in [-0.4, -0.2) is 42.4 Å². The largest absolute Gasteiger partial charge is 0.336 e. The molecule has 1 aromatic carbocycles. The zero-order valence-electron chi connectivity index (χ0n) is 13.0. The molecule has 2 amide bonds. The van der Waals surface area contributed by atoms with E-state index in [1.807, 2.05) is 14.0 Å². The highest BCUT2D eigenvalue weighted by Crippen LogP contribution is 2.27. The molecule has 0 spiro atoms. The number of hydrogen-bond donors (Lipinski definition) is 2. The van der Waals surface area contributed by atoms with Crippen molar-refractivity contribution in [2.75, 3.05) is 25.0 Å². The SMILES string of the molecule is CNC(C)Cc1noc(-c2cc(N3CCNC3=O)ccc2F)n1. The highest BCUT2D eigenvalue weighted by Gasteiger charge is 2.23. The number of nitrogens with zero attached hydrogens (tertiary/aromatic N) is 3. The molecule has 1 aliphatic heterocycles. The normalized spacial score (nSPS) is 15.8. The second kappa shape index (κ2) is 6.33. The van der Waals surface area contributed by atoms with Crippen LogP contribution in [0.15, 0.2) is 22.7 Å². The van der Waals surface area contributed by atoms with Crippen LogP contribution in [0.3, 0.4) is 0 Å². The predicted octanol–water partition coefficient (Wildman–Crippen LogP) is 1.56. The lowest BCUT2D eigenvalue weighted by molar-refractivity contribution is 0.252. The third kappa shape index (κ3) is 3.16. The van der Waals surface area contributed by atoms with E-state index in [2.05, 4.69) is 20.8 Å². The van der Waals surface area contributed by atoms with Gasteiger partial charge in [0, 0.05) is 31.2 Å². The van der Waals surface area contributed by atoms with Gasteiger partial charge in [-0.1, -0.05) is 5.16 Å². The van der Waals surface area contributed by atoms with Gasteiger partial charge in [-0.15, -0.1) is 0 Å². The summed E-state index contributed by atoms with van der Waals surface area (Å²) in [5.74, 6) is 0.151. The molecule has 0 aliphatic carbocycles. The van der Waals surface area contributed by atoms with E-state index in [1.54, 1.807) is 17.0 Å².